The van der Waals surface area contributed by atoms with Gasteiger partial charge in [0.2, 0.25) is 0 Å². The molecule has 3 aromatic carbocycles. The Morgan fingerprint density at radius 2 is 1.61 bits per heavy atom. The van der Waals surface area contributed by atoms with Gasteiger partial charge in [0, 0.05) is 11.3 Å². The Kier molecular flexibility index (Phi) is 4.19. The number of halogens is 2. The van der Waals surface area contributed by atoms with Gasteiger partial charge in [0.05, 0.1) is 0 Å². The van der Waals surface area contributed by atoms with E-state index in [0.717, 1.165) is 10.8 Å². The molecule has 0 fully saturated rings. The molecule has 0 saturated carbocycles. The van der Waals surface area contributed by atoms with Gasteiger partial charge in [-0.2, -0.15) is 8.78 Å². The highest BCUT2D eigenvalue weighted by Crippen LogP contribution is 2.20. The molecule has 0 spiro atoms. The van der Waals surface area contributed by atoms with Crippen molar-refractivity contribution in [2.24, 2.45) is 0 Å². The van der Waals surface area contributed by atoms with E-state index in [1.54, 1.807) is 0 Å². The third-order valence-corrected chi connectivity index (χ3v) is 3.35. The molecule has 3 rings (SSSR count). The SMILES string of the molecule is O=C(Nc1ccc2ccccc2c1)c1ccc(OC(F)F)cc1. The Bertz CT molecular complexity index is 832. The van der Waals surface area contributed by atoms with Crippen molar-refractivity contribution in [2.75, 3.05) is 5.32 Å². The van der Waals surface area contributed by atoms with Crippen LogP contribution in [0.15, 0.2) is 66.7 Å². The second-order valence-corrected chi connectivity index (χ2v) is 4.92. The Labute approximate surface area is 131 Å². The molecular weight excluding hydrogens is 300 g/mol. The minimum absolute atomic E-state index is 0.0160. The monoisotopic (exact) mass is 313 g/mol. The van der Waals surface area contributed by atoms with Gasteiger partial charge in [-0.3, -0.25) is 4.79 Å². The van der Waals surface area contributed by atoms with Crippen LogP contribution in [0.5, 0.6) is 5.75 Å². The molecule has 0 aliphatic heterocycles. The summed E-state index contributed by atoms with van der Waals surface area (Å²) >= 11 is 0. The number of rotatable bonds is 4. The molecule has 3 nitrogen and oxygen atoms in total. The number of anilines is 1. The fraction of sp³-hybridized carbons (Fsp3) is 0.0556. The van der Waals surface area contributed by atoms with Gasteiger partial charge in [0.1, 0.15) is 5.75 Å². The average molecular weight is 313 g/mol. The van der Waals surface area contributed by atoms with Crippen molar-refractivity contribution in [2.45, 2.75) is 6.61 Å². The van der Waals surface area contributed by atoms with Crippen LogP contribution in [0.1, 0.15) is 10.4 Å². The zero-order valence-electron chi connectivity index (χ0n) is 12.0. The molecule has 0 atom stereocenters. The van der Waals surface area contributed by atoms with Crippen molar-refractivity contribution < 1.29 is 18.3 Å². The van der Waals surface area contributed by atoms with Gasteiger partial charge < -0.3 is 10.1 Å². The molecule has 0 heterocycles. The van der Waals surface area contributed by atoms with Crippen LogP contribution in [0.2, 0.25) is 0 Å². The summed E-state index contributed by atoms with van der Waals surface area (Å²) in [5.74, 6) is -0.300. The van der Waals surface area contributed by atoms with Crippen molar-refractivity contribution in [3.63, 3.8) is 0 Å². The van der Waals surface area contributed by atoms with Crippen LogP contribution in [0, 0.1) is 0 Å². The number of carbonyl (C=O) groups excluding carboxylic acids is 1. The van der Waals surface area contributed by atoms with Gasteiger partial charge >= 0.3 is 6.61 Å². The molecule has 1 N–H and O–H groups in total. The average Bonchev–Trinajstić information content (AvgIpc) is 2.55. The summed E-state index contributed by atoms with van der Waals surface area (Å²) in [6.07, 6.45) is 0. The van der Waals surface area contributed by atoms with E-state index in [1.807, 2.05) is 42.5 Å². The van der Waals surface area contributed by atoms with E-state index in [9.17, 15) is 13.6 Å². The highest BCUT2D eigenvalue weighted by atomic mass is 19.3. The van der Waals surface area contributed by atoms with Crippen molar-refractivity contribution in [3.05, 3.63) is 72.3 Å². The van der Waals surface area contributed by atoms with E-state index in [4.69, 9.17) is 0 Å². The van der Waals surface area contributed by atoms with Gasteiger partial charge in [0.25, 0.3) is 5.91 Å². The highest BCUT2D eigenvalue weighted by molar-refractivity contribution is 6.05. The number of amides is 1. The third kappa shape index (κ3) is 3.63. The summed E-state index contributed by atoms with van der Waals surface area (Å²) in [5, 5.41) is 4.88. The van der Waals surface area contributed by atoms with Crippen LogP contribution < -0.4 is 10.1 Å². The molecule has 0 bridgehead atoms. The maximum absolute atomic E-state index is 12.2. The number of hydrogen-bond acceptors (Lipinski definition) is 2. The molecule has 116 valence electrons. The normalized spacial score (nSPS) is 10.7. The minimum atomic E-state index is -2.88. The summed E-state index contributed by atoms with van der Waals surface area (Å²) in [6, 6.07) is 19.0. The van der Waals surface area contributed by atoms with E-state index in [1.165, 1.54) is 24.3 Å². The van der Waals surface area contributed by atoms with Crippen LogP contribution in [-0.4, -0.2) is 12.5 Å². The number of ether oxygens (including phenoxy) is 1. The molecule has 3 aromatic rings. The van der Waals surface area contributed by atoms with Crippen LogP contribution >= 0.6 is 0 Å². The fourth-order valence-electron chi connectivity index (χ4n) is 2.26. The minimum Gasteiger partial charge on any atom is -0.435 e. The van der Waals surface area contributed by atoms with E-state index in [0.29, 0.717) is 11.3 Å². The summed E-state index contributed by atoms with van der Waals surface area (Å²) in [4.78, 5) is 12.2. The zero-order valence-corrected chi connectivity index (χ0v) is 12.0. The number of hydrogen-bond donors (Lipinski definition) is 1. The first-order chi connectivity index (χ1) is 11.1. The predicted molar refractivity (Wildman–Crippen MR) is 85.0 cm³/mol. The lowest BCUT2D eigenvalue weighted by atomic mass is 10.1. The number of carbonyl (C=O) groups is 1. The summed E-state index contributed by atoms with van der Waals surface area (Å²) in [5.41, 5.74) is 1.03. The van der Waals surface area contributed by atoms with Gasteiger partial charge in [-0.15, -0.1) is 0 Å². The van der Waals surface area contributed by atoms with Crippen molar-refractivity contribution in [1.82, 2.24) is 0 Å². The van der Waals surface area contributed by atoms with Crippen molar-refractivity contribution >= 4 is 22.4 Å². The number of alkyl halides is 2. The lowest BCUT2D eigenvalue weighted by Gasteiger charge is -2.08. The maximum Gasteiger partial charge on any atom is 0.387 e. The quantitative estimate of drug-likeness (QED) is 0.758. The Balaban J connectivity index is 1.74. The topological polar surface area (TPSA) is 38.3 Å². The van der Waals surface area contributed by atoms with Gasteiger partial charge in [-0.1, -0.05) is 30.3 Å². The van der Waals surface area contributed by atoms with Crippen molar-refractivity contribution in [1.29, 1.82) is 0 Å². The lowest BCUT2D eigenvalue weighted by Crippen LogP contribution is -2.11. The molecule has 0 aliphatic rings. The molecule has 23 heavy (non-hydrogen) atoms. The zero-order chi connectivity index (χ0) is 16.2. The number of nitrogens with one attached hydrogen (secondary N) is 1. The van der Waals surface area contributed by atoms with Gasteiger partial charge in [0.15, 0.2) is 0 Å². The van der Waals surface area contributed by atoms with Gasteiger partial charge in [-0.05, 0) is 47.2 Å². The second kappa shape index (κ2) is 6.44. The maximum atomic E-state index is 12.2. The number of fused-ring (bicyclic) bond motifs is 1. The second-order valence-electron chi connectivity index (χ2n) is 4.92. The first kappa shape index (κ1) is 15.0. The largest absolute Gasteiger partial charge is 0.435 e. The molecule has 0 radical (unpaired) electrons. The summed E-state index contributed by atoms with van der Waals surface area (Å²) < 4.78 is 28.4. The third-order valence-electron chi connectivity index (χ3n) is 3.35. The Morgan fingerprint density at radius 1 is 0.913 bits per heavy atom. The fourth-order valence-corrected chi connectivity index (χ4v) is 2.26. The van der Waals surface area contributed by atoms with Gasteiger partial charge in [-0.25, -0.2) is 0 Å². The Hall–Kier alpha value is -2.95. The predicted octanol–water partition coefficient (Wildman–Crippen LogP) is 4.69. The Morgan fingerprint density at radius 3 is 2.30 bits per heavy atom. The molecule has 5 heteroatoms. The molecule has 0 unspecified atom stereocenters. The molecular formula is C18H13F2NO2. The van der Waals surface area contributed by atoms with Crippen LogP contribution in [0.3, 0.4) is 0 Å². The molecule has 1 amide bonds. The first-order valence-electron chi connectivity index (χ1n) is 6.97. The molecule has 0 saturated heterocycles. The van der Waals surface area contributed by atoms with E-state index < -0.39 is 6.61 Å². The van der Waals surface area contributed by atoms with Crippen molar-refractivity contribution in [3.8, 4) is 5.75 Å². The van der Waals surface area contributed by atoms with E-state index in [2.05, 4.69) is 10.1 Å². The standard InChI is InChI=1S/C18H13F2NO2/c19-18(20)23-16-9-6-13(7-10-16)17(22)21-15-8-5-12-3-1-2-4-14(12)11-15/h1-11,18H,(H,21,22). The van der Waals surface area contributed by atoms with Crippen LogP contribution in [-0.2, 0) is 0 Å². The smallest absolute Gasteiger partial charge is 0.387 e. The van der Waals surface area contributed by atoms with Crippen LogP contribution in [0.25, 0.3) is 10.8 Å². The molecule has 0 aromatic heterocycles. The van der Waals surface area contributed by atoms with Crippen LogP contribution in [0.4, 0.5) is 14.5 Å². The molecule has 0 aliphatic carbocycles. The summed E-state index contributed by atoms with van der Waals surface area (Å²) in [6.45, 7) is -2.88. The summed E-state index contributed by atoms with van der Waals surface area (Å²) in [7, 11) is 0. The highest BCUT2D eigenvalue weighted by Gasteiger charge is 2.08. The first-order valence-corrected chi connectivity index (χ1v) is 6.97. The number of benzene rings is 3. The lowest BCUT2D eigenvalue weighted by molar-refractivity contribution is -0.0498. The van der Waals surface area contributed by atoms with E-state index in [-0.39, 0.29) is 11.7 Å². The van der Waals surface area contributed by atoms with E-state index >= 15 is 0 Å².